The fourth-order valence-electron chi connectivity index (χ4n) is 4.78. The van der Waals surface area contributed by atoms with Crippen LogP contribution >= 0.6 is 11.3 Å². The molecule has 1 aliphatic rings. The van der Waals surface area contributed by atoms with Crippen molar-refractivity contribution in [3.8, 4) is 0 Å². The molecule has 4 aromatic rings. The number of rotatable bonds is 7. The molecule has 1 aliphatic heterocycles. The standard InChI is InChI=1S/C28H31N3OS/c1-21-8-10-22(11-9-21)19-31-25(17-24-5-2-3-7-27(24)31)20-30-14-12-23(13-15-30)28(32)29-18-26-6-4-16-33-26/h2-11,16-17,23H,12-15,18-20H2,1H3,(H,29,32). The molecule has 0 atom stereocenters. The van der Waals surface area contributed by atoms with Crippen LogP contribution in [0.5, 0.6) is 0 Å². The van der Waals surface area contributed by atoms with Gasteiger partial charge in [-0.05, 0) is 67.4 Å². The van der Waals surface area contributed by atoms with Crippen LogP contribution < -0.4 is 5.32 Å². The summed E-state index contributed by atoms with van der Waals surface area (Å²) in [5.41, 5.74) is 5.25. The monoisotopic (exact) mass is 457 g/mol. The van der Waals surface area contributed by atoms with E-state index in [1.54, 1.807) is 11.3 Å². The highest BCUT2D eigenvalue weighted by Gasteiger charge is 2.25. The molecule has 2 aromatic carbocycles. The molecule has 0 saturated carbocycles. The van der Waals surface area contributed by atoms with Gasteiger partial charge in [0.2, 0.25) is 5.91 Å². The molecule has 1 amide bonds. The second-order valence-corrected chi connectivity index (χ2v) is 10.1. The molecule has 0 bridgehead atoms. The molecule has 0 radical (unpaired) electrons. The average molecular weight is 458 g/mol. The summed E-state index contributed by atoms with van der Waals surface area (Å²) in [7, 11) is 0. The molecule has 1 N–H and O–H groups in total. The van der Waals surface area contributed by atoms with Crippen molar-refractivity contribution in [1.29, 1.82) is 0 Å². The van der Waals surface area contributed by atoms with Gasteiger partial charge < -0.3 is 9.88 Å². The first-order valence-corrected chi connectivity index (χ1v) is 12.7. The van der Waals surface area contributed by atoms with Crippen molar-refractivity contribution in [3.05, 3.63) is 93.8 Å². The van der Waals surface area contributed by atoms with Crippen molar-refractivity contribution in [1.82, 2.24) is 14.8 Å². The Morgan fingerprint density at radius 3 is 2.55 bits per heavy atom. The number of hydrogen-bond donors (Lipinski definition) is 1. The number of piperidine rings is 1. The number of carbonyl (C=O) groups is 1. The van der Waals surface area contributed by atoms with Gasteiger partial charge in [-0.2, -0.15) is 0 Å². The number of amides is 1. The Morgan fingerprint density at radius 1 is 1.00 bits per heavy atom. The van der Waals surface area contributed by atoms with E-state index in [9.17, 15) is 4.79 Å². The van der Waals surface area contributed by atoms with Gasteiger partial charge in [0, 0.05) is 35.1 Å². The third-order valence-electron chi connectivity index (χ3n) is 6.72. The van der Waals surface area contributed by atoms with E-state index in [0.717, 1.165) is 39.0 Å². The van der Waals surface area contributed by atoms with E-state index in [-0.39, 0.29) is 11.8 Å². The van der Waals surface area contributed by atoms with E-state index < -0.39 is 0 Å². The van der Waals surface area contributed by atoms with Gasteiger partial charge in [-0.15, -0.1) is 11.3 Å². The molecule has 0 aliphatic carbocycles. The molecule has 3 heterocycles. The predicted octanol–water partition coefficient (Wildman–Crippen LogP) is 5.59. The van der Waals surface area contributed by atoms with Crippen molar-refractivity contribution < 1.29 is 4.79 Å². The Bertz CT molecular complexity index is 1200. The third kappa shape index (κ3) is 5.21. The van der Waals surface area contributed by atoms with Gasteiger partial charge in [0.05, 0.1) is 6.54 Å². The number of para-hydroxylation sites is 1. The van der Waals surface area contributed by atoms with Crippen LogP contribution in [0.1, 0.15) is 34.5 Å². The maximum atomic E-state index is 12.6. The number of fused-ring (bicyclic) bond motifs is 1. The molecular formula is C28H31N3OS. The van der Waals surface area contributed by atoms with Gasteiger partial charge in [-0.3, -0.25) is 9.69 Å². The average Bonchev–Trinajstić information content (AvgIpc) is 3.48. The Morgan fingerprint density at radius 2 is 1.79 bits per heavy atom. The normalized spacial score (nSPS) is 15.2. The summed E-state index contributed by atoms with van der Waals surface area (Å²) in [5.74, 6) is 0.330. The fraction of sp³-hybridized carbons (Fsp3) is 0.321. The highest BCUT2D eigenvalue weighted by Crippen LogP contribution is 2.25. The first kappa shape index (κ1) is 21.9. The number of hydrogen-bond acceptors (Lipinski definition) is 3. The number of nitrogens with one attached hydrogen (secondary N) is 1. The molecule has 2 aromatic heterocycles. The zero-order valence-electron chi connectivity index (χ0n) is 19.2. The van der Waals surface area contributed by atoms with Crippen molar-refractivity contribution in [2.75, 3.05) is 13.1 Å². The molecule has 0 spiro atoms. The summed E-state index contributed by atoms with van der Waals surface area (Å²) in [6.45, 7) is 6.50. The van der Waals surface area contributed by atoms with Crippen LogP contribution in [-0.2, 0) is 24.4 Å². The molecule has 5 heteroatoms. The molecule has 170 valence electrons. The van der Waals surface area contributed by atoms with Crippen molar-refractivity contribution >= 4 is 28.1 Å². The second kappa shape index (κ2) is 9.94. The summed E-state index contributed by atoms with van der Waals surface area (Å²) < 4.78 is 2.46. The molecule has 4 nitrogen and oxygen atoms in total. The van der Waals surface area contributed by atoms with E-state index in [1.807, 2.05) is 6.07 Å². The lowest BCUT2D eigenvalue weighted by Crippen LogP contribution is -2.40. The minimum absolute atomic E-state index is 0.125. The van der Waals surface area contributed by atoms with E-state index in [1.165, 1.54) is 32.6 Å². The van der Waals surface area contributed by atoms with E-state index in [2.05, 4.69) is 87.8 Å². The van der Waals surface area contributed by atoms with Crippen LogP contribution in [0, 0.1) is 12.8 Å². The molecule has 33 heavy (non-hydrogen) atoms. The van der Waals surface area contributed by atoms with Crippen LogP contribution in [0.2, 0.25) is 0 Å². The van der Waals surface area contributed by atoms with E-state index in [4.69, 9.17) is 0 Å². The highest BCUT2D eigenvalue weighted by molar-refractivity contribution is 7.09. The summed E-state index contributed by atoms with van der Waals surface area (Å²) >= 11 is 1.69. The van der Waals surface area contributed by atoms with Crippen LogP contribution in [0.25, 0.3) is 10.9 Å². The Hall–Kier alpha value is -2.89. The Balaban J connectivity index is 1.24. The smallest absolute Gasteiger partial charge is 0.223 e. The second-order valence-electron chi connectivity index (χ2n) is 9.11. The number of aryl methyl sites for hydroxylation is 1. The zero-order valence-corrected chi connectivity index (χ0v) is 20.0. The van der Waals surface area contributed by atoms with Gasteiger partial charge in [0.15, 0.2) is 0 Å². The zero-order chi connectivity index (χ0) is 22.6. The number of benzene rings is 2. The lowest BCUT2D eigenvalue weighted by Gasteiger charge is -2.31. The number of carbonyl (C=O) groups excluding carboxylic acids is 1. The first-order valence-electron chi connectivity index (χ1n) is 11.8. The van der Waals surface area contributed by atoms with Gasteiger partial charge in [-0.1, -0.05) is 54.1 Å². The van der Waals surface area contributed by atoms with E-state index in [0.29, 0.717) is 6.54 Å². The number of aromatic nitrogens is 1. The summed E-state index contributed by atoms with van der Waals surface area (Å²) in [6.07, 6.45) is 1.85. The quantitative estimate of drug-likeness (QED) is 0.393. The number of thiophene rings is 1. The lowest BCUT2D eigenvalue weighted by molar-refractivity contribution is -0.126. The SMILES string of the molecule is Cc1ccc(Cn2c(CN3CCC(C(=O)NCc4cccs4)CC3)cc3ccccc32)cc1. The Labute approximate surface area is 199 Å². The summed E-state index contributed by atoms with van der Waals surface area (Å²) in [6, 6.07) is 23.9. The van der Waals surface area contributed by atoms with Gasteiger partial charge in [0.25, 0.3) is 0 Å². The van der Waals surface area contributed by atoms with Crippen LogP contribution in [0.3, 0.4) is 0 Å². The van der Waals surface area contributed by atoms with Crippen molar-refractivity contribution in [3.63, 3.8) is 0 Å². The minimum atomic E-state index is 0.125. The molecule has 5 rings (SSSR count). The predicted molar refractivity (Wildman–Crippen MR) is 136 cm³/mol. The van der Waals surface area contributed by atoms with Gasteiger partial charge in [-0.25, -0.2) is 0 Å². The highest BCUT2D eigenvalue weighted by atomic mass is 32.1. The van der Waals surface area contributed by atoms with Gasteiger partial charge in [0.1, 0.15) is 0 Å². The summed E-state index contributed by atoms with van der Waals surface area (Å²) in [5, 5.41) is 6.47. The fourth-order valence-corrected chi connectivity index (χ4v) is 5.42. The molecule has 1 saturated heterocycles. The van der Waals surface area contributed by atoms with Crippen LogP contribution in [0.4, 0.5) is 0 Å². The van der Waals surface area contributed by atoms with Crippen molar-refractivity contribution in [2.45, 2.75) is 39.4 Å². The lowest BCUT2D eigenvalue weighted by atomic mass is 9.96. The maximum absolute atomic E-state index is 12.6. The largest absolute Gasteiger partial charge is 0.351 e. The summed E-state index contributed by atoms with van der Waals surface area (Å²) in [4.78, 5) is 16.3. The topological polar surface area (TPSA) is 37.3 Å². The Kier molecular flexibility index (Phi) is 6.60. The minimum Gasteiger partial charge on any atom is -0.351 e. The maximum Gasteiger partial charge on any atom is 0.223 e. The molecular weight excluding hydrogens is 426 g/mol. The molecule has 0 unspecified atom stereocenters. The number of likely N-dealkylation sites (tertiary alicyclic amines) is 1. The van der Waals surface area contributed by atoms with Gasteiger partial charge >= 0.3 is 0 Å². The molecule has 1 fully saturated rings. The van der Waals surface area contributed by atoms with Crippen LogP contribution in [0.15, 0.2) is 72.1 Å². The van der Waals surface area contributed by atoms with Crippen LogP contribution in [-0.4, -0.2) is 28.5 Å². The first-order chi connectivity index (χ1) is 16.2. The third-order valence-corrected chi connectivity index (χ3v) is 7.59. The number of nitrogens with zero attached hydrogens (tertiary/aromatic N) is 2. The van der Waals surface area contributed by atoms with E-state index >= 15 is 0 Å². The van der Waals surface area contributed by atoms with Crippen molar-refractivity contribution in [2.24, 2.45) is 5.92 Å².